The second kappa shape index (κ2) is 3.24. The van der Waals surface area contributed by atoms with Crippen molar-refractivity contribution in [2.45, 2.75) is 18.8 Å². The highest BCUT2D eigenvalue weighted by molar-refractivity contribution is 5.42. The number of para-hydroxylation sites is 1. The van der Waals surface area contributed by atoms with Crippen LogP contribution in [0.2, 0.25) is 0 Å². The van der Waals surface area contributed by atoms with Gasteiger partial charge >= 0.3 is 0 Å². The van der Waals surface area contributed by atoms with Gasteiger partial charge in [0.1, 0.15) is 5.75 Å². The number of ether oxygens (including phenoxy) is 1. The second-order valence-corrected chi connectivity index (χ2v) is 4.79. The van der Waals surface area contributed by atoms with Gasteiger partial charge in [-0.05, 0) is 42.3 Å². The van der Waals surface area contributed by atoms with E-state index in [-0.39, 0.29) is 0 Å². The van der Waals surface area contributed by atoms with E-state index in [1.165, 1.54) is 31.5 Å². The van der Waals surface area contributed by atoms with Crippen LogP contribution in [0.15, 0.2) is 24.3 Å². The summed E-state index contributed by atoms with van der Waals surface area (Å²) < 4.78 is 5.43. The highest BCUT2D eigenvalue weighted by atomic mass is 16.5. The Bertz CT molecular complexity index is 369. The van der Waals surface area contributed by atoms with Gasteiger partial charge in [0.15, 0.2) is 0 Å². The molecule has 2 heteroatoms. The molecule has 0 aromatic heterocycles. The molecule has 1 aliphatic carbocycles. The Labute approximate surface area is 90.6 Å². The lowest BCUT2D eigenvalue weighted by molar-refractivity contribution is 0.406. The minimum atomic E-state index is 0.564. The van der Waals surface area contributed by atoms with Gasteiger partial charge in [0.2, 0.25) is 0 Å². The number of benzene rings is 1. The predicted octanol–water partition coefficient (Wildman–Crippen LogP) is 2.16. The topological polar surface area (TPSA) is 21.3 Å². The van der Waals surface area contributed by atoms with Crippen LogP contribution in [-0.2, 0) is 0 Å². The molecule has 0 bridgehead atoms. The average molecular weight is 203 g/mol. The zero-order valence-electron chi connectivity index (χ0n) is 9.12. The lowest BCUT2D eigenvalue weighted by Crippen LogP contribution is -2.10. The van der Waals surface area contributed by atoms with Crippen molar-refractivity contribution in [2.75, 3.05) is 20.2 Å². The number of nitrogens with one attached hydrogen (secondary N) is 1. The fourth-order valence-corrected chi connectivity index (χ4v) is 2.98. The molecule has 15 heavy (non-hydrogen) atoms. The Hall–Kier alpha value is -1.02. The second-order valence-electron chi connectivity index (χ2n) is 4.79. The molecule has 1 heterocycles. The van der Waals surface area contributed by atoms with E-state index in [1.807, 2.05) is 6.07 Å². The zero-order valence-corrected chi connectivity index (χ0v) is 9.12. The van der Waals surface area contributed by atoms with Gasteiger partial charge in [0.25, 0.3) is 0 Å². The molecule has 1 aliphatic heterocycles. The molecule has 2 atom stereocenters. The SMILES string of the molecule is COc1ccccc1C1CC12CCNC2. The van der Waals surface area contributed by atoms with Crippen LogP contribution in [0, 0.1) is 5.41 Å². The van der Waals surface area contributed by atoms with E-state index in [0.717, 1.165) is 11.7 Å². The van der Waals surface area contributed by atoms with Gasteiger partial charge in [0.05, 0.1) is 7.11 Å². The molecule has 1 saturated carbocycles. The minimum absolute atomic E-state index is 0.564. The maximum absolute atomic E-state index is 5.43. The number of rotatable bonds is 2. The molecular weight excluding hydrogens is 186 g/mol. The first-order valence-corrected chi connectivity index (χ1v) is 5.69. The van der Waals surface area contributed by atoms with Crippen molar-refractivity contribution in [1.82, 2.24) is 5.32 Å². The Morgan fingerprint density at radius 1 is 1.40 bits per heavy atom. The van der Waals surface area contributed by atoms with Gasteiger partial charge in [-0.15, -0.1) is 0 Å². The molecule has 2 fully saturated rings. The Balaban J connectivity index is 1.88. The van der Waals surface area contributed by atoms with Crippen molar-refractivity contribution in [3.63, 3.8) is 0 Å². The van der Waals surface area contributed by atoms with Crippen LogP contribution in [0.3, 0.4) is 0 Å². The highest BCUT2D eigenvalue weighted by Crippen LogP contribution is 2.63. The monoisotopic (exact) mass is 203 g/mol. The molecule has 2 aliphatic rings. The van der Waals surface area contributed by atoms with Crippen molar-refractivity contribution in [2.24, 2.45) is 5.41 Å². The van der Waals surface area contributed by atoms with Gasteiger partial charge in [-0.2, -0.15) is 0 Å². The lowest BCUT2D eigenvalue weighted by atomic mass is 9.98. The van der Waals surface area contributed by atoms with Crippen LogP contribution in [0.25, 0.3) is 0 Å². The van der Waals surface area contributed by atoms with Gasteiger partial charge in [-0.3, -0.25) is 0 Å². The van der Waals surface area contributed by atoms with Crippen LogP contribution in [0.1, 0.15) is 24.3 Å². The van der Waals surface area contributed by atoms with Crippen LogP contribution >= 0.6 is 0 Å². The van der Waals surface area contributed by atoms with Gasteiger partial charge in [0, 0.05) is 6.54 Å². The fraction of sp³-hybridized carbons (Fsp3) is 0.538. The van der Waals surface area contributed by atoms with E-state index >= 15 is 0 Å². The zero-order chi connectivity index (χ0) is 10.3. The smallest absolute Gasteiger partial charge is 0.122 e. The standard InChI is InChI=1S/C13H17NO/c1-15-12-5-3-2-4-10(12)11-8-13(11)6-7-14-9-13/h2-5,11,14H,6-9H2,1H3. The molecular formula is C13H17NO. The molecule has 2 nitrogen and oxygen atoms in total. The summed E-state index contributed by atoms with van der Waals surface area (Å²) in [4.78, 5) is 0. The molecule has 0 amide bonds. The summed E-state index contributed by atoms with van der Waals surface area (Å²) in [6.07, 6.45) is 2.66. The molecule has 1 N–H and O–H groups in total. The van der Waals surface area contributed by atoms with Crippen molar-refractivity contribution < 1.29 is 4.74 Å². The summed E-state index contributed by atoms with van der Waals surface area (Å²) in [5, 5.41) is 3.47. The lowest BCUT2D eigenvalue weighted by Gasteiger charge is -2.11. The third kappa shape index (κ3) is 1.36. The normalized spacial score (nSPS) is 33.3. The fourth-order valence-electron chi connectivity index (χ4n) is 2.98. The van der Waals surface area contributed by atoms with E-state index in [9.17, 15) is 0 Å². The first kappa shape index (κ1) is 9.22. The summed E-state index contributed by atoms with van der Waals surface area (Å²) in [5.74, 6) is 1.79. The van der Waals surface area contributed by atoms with Crippen LogP contribution in [-0.4, -0.2) is 20.2 Å². The maximum Gasteiger partial charge on any atom is 0.122 e. The van der Waals surface area contributed by atoms with E-state index in [4.69, 9.17) is 4.74 Å². The molecule has 80 valence electrons. The van der Waals surface area contributed by atoms with E-state index < -0.39 is 0 Å². The van der Waals surface area contributed by atoms with Gasteiger partial charge in [-0.25, -0.2) is 0 Å². The summed E-state index contributed by atoms with van der Waals surface area (Å²) in [6, 6.07) is 8.46. The first-order valence-electron chi connectivity index (χ1n) is 5.69. The van der Waals surface area contributed by atoms with E-state index in [1.54, 1.807) is 7.11 Å². The molecule has 3 rings (SSSR count). The molecule has 2 unspecified atom stereocenters. The quantitative estimate of drug-likeness (QED) is 0.795. The summed E-state index contributed by atoms with van der Waals surface area (Å²) >= 11 is 0. The summed E-state index contributed by atoms with van der Waals surface area (Å²) in [5.41, 5.74) is 1.97. The van der Waals surface area contributed by atoms with E-state index in [0.29, 0.717) is 5.41 Å². The number of hydrogen-bond acceptors (Lipinski definition) is 2. The Kier molecular flexibility index (Phi) is 1.99. The Morgan fingerprint density at radius 3 is 3.00 bits per heavy atom. The van der Waals surface area contributed by atoms with Crippen molar-refractivity contribution in [3.05, 3.63) is 29.8 Å². The molecule has 1 saturated heterocycles. The molecule has 1 spiro atoms. The van der Waals surface area contributed by atoms with Crippen molar-refractivity contribution in [3.8, 4) is 5.75 Å². The van der Waals surface area contributed by atoms with Crippen LogP contribution in [0.4, 0.5) is 0 Å². The van der Waals surface area contributed by atoms with Crippen LogP contribution in [0.5, 0.6) is 5.75 Å². The minimum Gasteiger partial charge on any atom is -0.496 e. The molecule has 0 radical (unpaired) electrons. The summed E-state index contributed by atoms with van der Waals surface area (Å²) in [6.45, 7) is 2.38. The third-order valence-electron chi connectivity index (χ3n) is 3.98. The Morgan fingerprint density at radius 2 is 2.27 bits per heavy atom. The summed E-state index contributed by atoms with van der Waals surface area (Å²) in [7, 11) is 1.76. The van der Waals surface area contributed by atoms with E-state index in [2.05, 4.69) is 23.5 Å². The predicted molar refractivity (Wildman–Crippen MR) is 60.3 cm³/mol. The van der Waals surface area contributed by atoms with Crippen molar-refractivity contribution in [1.29, 1.82) is 0 Å². The van der Waals surface area contributed by atoms with Crippen LogP contribution < -0.4 is 10.1 Å². The van der Waals surface area contributed by atoms with Crippen molar-refractivity contribution >= 4 is 0 Å². The number of hydrogen-bond donors (Lipinski definition) is 1. The highest BCUT2D eigenvalue weighted by Gasteiger charge is 2.56. The van der Waals surface area contributed by atoms with Gasteiger partial charge < -0.3 is 10.1 Å². The average Bonchev–Trinajstić information content (AvgIpc) is 2.76. The molecule has 1 aromatic rings. The molecule has 1 aromatic carbocycles. The first-order chi connectivity index (χ1) is 7.36. The largest absolute Gasteiger partial charge is 0.496 e. The third-order valence-corrected chi connectivity index (χ3v) is 3.98. The maximum atomic E-state index is 5.43. The number of methoxy groups -OCH3 is 1. The van der Waals surface area contributed by atoms with Gasteiger partial charge in [-0.1, -0.05) is 18.2 Å².